The Balaban J connectivity index is 1.64. The van der Waals surface area contributed by atoms with Crippen LogP contribution in [0.25, 0.3) is 0 Å². The van der Waals surface area contributed by atoms with Gasteiger partial charge in [0.05, 0.1) is 0 Å². The van der Waals surface area contributed by atoms with Gasteiger partial charge in [-0.2, -0.15) is 0 Å². The van der Waals surface area contributed by atoms with Gasteiger partial charge in [-0.1, -0.05) is 6.07 Å². The zero-order valence-electron chi connectivity index (χ0n) is 16.8. The van der Waals surface area contributed by atoms with E-state index in [0.29, 0.717) is 19.4 Å². The van der Waals surface area contributed by atoms with Gasteiger partial charge in [-0.05, 0) is 69.0 Å². The van der Waals surface area contributed by atoms with E-state index in [9.17, 15) is 9.59 Å². The van der Waals surface area contributed by atoms with Crippen LogP contribution in [-0.4, -0.2) is 29.9 Å². The monoisotopic (exact) mass is 380 g/mol. The molecule has 0 atom stereocenters. The molecule has 1 fully saturated rings. The molecule has 28 heavy (non-hydrogen) atoms. The van der Waals surface area contributed by atoms with E-state index in [-0.39, 0.29) is 11.8 Å². The summed E-state index contributed by atoms with van der Waals surface area (Å²) in [5, 5.41) is 5.84. The molecule has 2 amide bonds. The Morgan fingerprint density at radius 2 is 1.89 bits per heavy atom. The fourth-order valence-electron chi connectivity index (χ4n) is 3.35. The van der Waals surface area contributed by atoms with Crippen molar-refractivity contribution in [3.05, 3.63) is 53.9 Å². The molecule has 1 aliphatic carbocycles. The lowest BCUT2D eigenvalue weighted by Crippen LogP contribution is -2.39. The summed E-state index contributed by atoms with van der Waals surface area (Å²) in [5.74, 6) is -0.443. The molecule has 6 nitrogen and oxygen atoms in total. The lowest BCUT2D eigenvalue weighted by molar-refractivity contribution is -0.134. The van der Waals surface area contributed by atoms with Crippen molar-refractivity contribution in [1.82, 2.24) is 10.3 Å². The first-order valence-corrected chi connectivity index (χ1v) is 9.84. The maximum Gasteiger partial charge on any atom is 0.240 e. The van der Waals surface area contributed by atoms with Crippen LogP contribution < -0.4 is 15.5 Å². The van der Waals surface area contributed by atoms with Crippen molar-refractivity contribution in [3.8, 4) is 0 Å². The second-order valence-corrected chi connectivity index (χ2v) is 7.25. The minimum Gasteiger partial charge on any atom is -0.372 e. The van der Waals surface area contributed by atoms with E-state index in [0.717, 1.165) is 35.6 Å². The first-order chi connectivity index (χ1) is 13.5. The van der Waals surface area contributed by atoms with Crippen molar-refractivity contribution < 1.29 is 9.59 Å². The molecule has 2 N–H and O–H groups in total. The Kier molecular flexibility index (Phi) is 5.97. The van der Waals surface area contributed by atoms with Gasteiger partial charge in [0.25, 0.3) is 0 Å². The highest BCUT2D eigenvalue weighted by Crippen LogP contribution is 2.47. The topological polar surface area (TPSA) is 74.3 Å². The number of rotatable bonds is 8. The van der Waals surface area contributed by atoms with Crippen molar-refractivity contribution >= 4 is 23.2 Å². The number of nitrogens with one attached hydrogen (secondary N) is 2. The largest absolute Gasteiger partial charge is 0.372 e. The van der Waals surface area contributed by atoms with E-state index in [2.05, 4.69) is 40.4 Å². The molecule has 1 heterocycles. The Bertz CT molecular complexity index is 843. The van der Waals surface area contributed by atoms with E-state index in [1.54, 1.807) is 12.4 Å². The van der Waals surface area contributed by atoms with Crippen LogP contribution in [-0.2, 0) is 16.1 Å². The first kappa shape index (κ1) is 19.9. The molecule has 0 spiro atoms. The zero-order valence-corrected chi connectivity index (χ0v) is 16.8. The van der Waals surface area contributed by atoms with E-state index in [1.807, 2.05) is 31.2 Å². The van der Waals surface area contributed by atoms with Crippen LogP contribution in [0.3, 0.4) is 0 Å². The van der Waals surface area contributed by atoms with Gasteiger partial charge in [-0.3, -0.25) is 14.6 Å². The molecule has 3 rings (SSSR count). The van der Waals surface area contributed by atoms with Crippen LogP contribution in [0.5, 0.6) is 0 Å². The SMILES string of the molecule is CCN(CC)c1ccc(NC(=O)C2(C(=O)NCc3cccnc3)CC2)c(C)c1. The normalized spacial score (nSPS) is 14.2. The van der Waals surface area contributed by atoms with Gasteiger partial charge in [0.1, 0.15) is 5.41 Å². The van der Waals surface area contributed by atoms with Crippen LogP contribution in [0, 0.1) is 12.3 Å². The van der Waals surface area contributed by atoms with Gasteiger partial charge in [-0.25, -0.2) is 0 Å². The third-order valence-electron chi connectivity index (χ3n) is 5.38. The van der Waals surface area contributed by atoms with E-state index in [4.69, 9.17) is 0 Å². The second-order valence-electron chi connectivity index (χ2n) is 7.25. The third kappa shape index (κ3) is 4.16. The quantitative estimate of drug-likeness (QED) is 0.690. The molecule has 6 heteroatoms. The Labute approximate surface area is 166 Å². The van der Waals surface area contributed by atoms with Crippen molar-refractivity contribution in [2.24, 2.45) is 5.41 Å². The number of aromatic nitrogens is 1. The van der Waals surface area contributed by atoms with E-state index >= 15 is 0 Å². The molecule has 148 valence electrons. The highest BCUT2D eigenvalue weighted by atomic mass is 16.2. The predicted molar refractivity (Wildman–Crippen MR) is 111 cm³/mol. The highest BCUT2D eigenvalue weighted by molar-refractivity contribution is 6.13. The Hall–Kier alpha value is -2.89. The highest BCUT2D eigenvalue weighted by Gasteiger charge is 2.56. The van der Waals surface area contributed by atoms with Gasteiger partial charge in [-0.15, -0.1) is 0 Å². The fraction of sp³-hybridized carbons (Fsp3) is 0.409. The van der Waals surface area contributed by atoms with Gasteiger partial charge < -0.3 is 15.5 Å². The molecule has 0 saturated heterocycles. The molecule has 1 aliphatic rings. The smallest absolute Gasteiger partial charge is 0.240 e. The van der Waals surface area contributed by atoms with E-state index < -0.39 is 5.41 Å². The summed E-state index contributed by atoms with van der Waals surface area (Å²) >= 11 is 0. The van der Waals surface area contributed by atoms with Crippen LogP contribution >= 0.6 is 0 Å². The molecular formula is C22H28N4O2. The molecule has 1 aromatic heterocycles. The van der Waals surface area contributed by atoms with Crippen LogP contribution in [0.15, 0.2) is 42.7 Å². The maximum atomic E-state index is 12.8. The number of nitrogens with zero attached hydrogens (tertiary/aromatic N) is 2. The lowest BCUT2D eigenvalue weighted by atomic mass is 10.0. The summed E-state index contributed by atoms with van der Waals surface area (Å²) in [7, 11) is 0. The number of aryl methyl sites for hydroxylation is 1. The van der Waals surface area contributed by atoms with Crippen molar-refractivity contribution in [2.45, 2.75) is 40.2 Å². The maximum absolute atomic E-state index is 12.8. The molecule has 0 radical (unpaired) electrons. The number of hydrogen-bond donors (Lipinski definition) is 2. The summed E-state index contributed by atoms with van der Waals surface area (Å²) < 4.78 is 0. The number of carbonyl (C=O) groups is 2. The fourth-order valence-corrected chi connectivity index (χ4v) is 3.35. The number of pyridine rings is 1. The lowest BCUT2D eigenvalue weighted by Gasteiger charge is -2.22. The summed E-state index contributed by atoms with van der Waals surface area (Å²) in [6.07, 6.45) is 4.55. The van der Waals surface area contributed by atoms with Crippen LogP contribution in [0.2, 0.25) is 0 Å². The summed E-state index contributed by atoms with van der Waals surface area (Å²) in [5.41, 5.74) is 2.84. The average molecular weight is 380 g/mol. The van der Waals surface area contributed by atoms with Gasteiger partial charge in [0, 0.05) is 43.4 Å². The van der Waals surface area contributed by atoms with Crippen molar-refractivity contribution in [3.63, 3.8) is 0 Å². The number of carbonyl (C=O) groups excluding carboxylic acids is 2. The second kappa shape index (κ2) is 8.42. The minimum absolute atomic E-state index is 0.216. The van der Waals surface area contributed by atoms with E-state index in [1.165, 1.54) is 0 Å². The minimum atomic E-state index is -0.952. The standard InChI is InChI=1S/C22H28N4O2/c1-4-26(5-2)18-8-9-19(16(3)13-18)25-21(28)22(10-11-22)20(27)24-15-17-7-6-12-23-14-17/h6-9,12-14H,4-5,10-11,15H2,1-3H3,(H,24,27)(H,25,28). The average Bonchev–Trinajstić information content (AvgIpc) is 3.52. The third-order valence-corrected chi connectivity index (χ3v) is 5.38. The molecule has 0 unspecified atom stereocenters. The van der Waals surface area contributed by atoms with Gasteiger partial charge >= 0.3 is 0 Å². The van der Waals surface area contributed by atoms with Gasteiger partial charge in [0.15, 0.2) is 0 Å². The molecule has 1 saturated carbocycles. The first-order valence-electron chi connectivity index (χ1n) is 9.84. The predicted octanol–water partition coefficient (Wildman–Crippen LogP) is 3.27. The number of amides is 2. The molecule has 2 aromatic rings. The van der Waals surface area contributed by atoms with Crippen LogP contribution in [0.1, 0.15) is 37.8 Å². The number of benzene rings is 1. The number of hydrogen-bond acceptors (Lipinski definition) is 4. The van der Waals surface area contributed by atoms with Crippen LogP contribution in [0.4, 0.5) is 11.4 Å². The van der Waals surface area contributed by atoms with Crippen molar-refractivity contribution in [1.29, 1.82) is 0 Å². The summed E-state index contributed by atoms with van der Waals surface area (Å²) in [6.45, 7) is 8.46. The molecule has 1 aromatic carbocycles. The summed E-state index contributed by atoms with van der Waals surface area (Å²) in [4.78, 5) is 31.8. The Morgan fingerprint density at radius 3 is 2.46 bits per heavy atom. The van der Waals surface area contributed by atoms with Crippen molar-refractivity contribution in [2.75, 3.05) is 23.3 Å². The Morgan fingerprint density at radius 1 is 1.14 bits per heavy atom. The van der Waals surface area contributed by atoms with Gasteiger partial charge in [0.2, 0.25) is 11.8 Å². The molecule has 0 bridgehead atoms. The number of anilines is 2. The molecule has 0 aliphatic heterocycles. The zero-order chi connectivity index (χ0) is 20.1. The summed E-state index contributed by atoms with van der Waals surface area (Å²) in [6, 6.07) is 9.73. The molecular weight excluding hydrogens is 352 g/mol.